The molecule has 0 bridgehead atoms. The summed E-state index contributed by atoms with van der Waals surface area (Å²) >= 11 is 0. The Labute approximate surface area is 94.4 Å². The molecule has 0 spiro atoms. The molecule has 0 aliphatic heterocycles. The first-order chi connectivity index (χ1) is 7.31. The Morgan fingerprint density at radius 1 is 1.00 bits per heavy atom. The van der Waals surface area contributed by atoms with E-state index in [-0.39, 0.29) is 0 Å². The highest BCUT2D eigenvalue weighted by Crippen LogP contribution is 2.06. The lowest BCUT2D eigenvalue weighted by atomic mass is 10.1. The van der Waals surface area contributed by atoms with Crippen LogP contribution in [0, 0.1) is 0 Å². The van der Waals surface area contributed by atoms with Crippen molar-refractivity contribution in [2.75, 3.05) is 13.6 Å². The number of allylic oxidation sites excluding steroid dienone is 1. The fourth-order valence-corrected chi connectivity index (χ4v) is 1.44. The monoisotopic (exact) mass is 211 g/mol. The number of unbranched alkanes of at least 4 members (excludes halogenated alkanes) is 6. The van der Waals surface area contributed by atoms with E-state index >= 15 is 0 Å². The van der Waals surface area contributed by atoms with Gasteiger partial charge in [-0.2, -0.15) is 0 Å². The smallest absolute Gasteiger partial charge is 0.209 e. The minimum atomic E-state index is 0.735. The fraction of sp³-hybridized carbons (Fsp3) is 0.769. The minimum Gasteiger partial charge on any atom is -0.345 e. The van der Waals surface area contributed by atoms with Crippen molar-refractivity contribution in [3.63, 3.8) is 0 Å². The summed E-state index contributed by atoms with van der Waals surface area (Å²) < 4.78 is 0. The molecule has 0 aliphatic carbocycles. The van der Waals surface area contributed by atoms with Crippen LogP contribution in [0.4, 0.5) is 0 Å². The van der Waals surface area contributed by atoms with E-state index in [4.69, 9.17) is 0 Å². The molecule has 0 fully saturated rings. The normalized spacial score (nSPS) is 10.8. The van der Waals surface area contributed by atoms with Gasteiger partial charge in [-0.05, 0) is 12.8 Å². The van der Waals surface area contributed by atoms with E-state index in [9.17, 15) is 4.79 Å². The highest BCUT2D eigenvalue weighted by molar-refractivity contribution is 5.46. The lowest BCUT2D eigenvalue weighted by Crippen LogP contribution is -2.14. The Morgan fingerprint density at radius 3 is 2.33 bits per heavy atom. The van der Waals surface area contributed by atoms with Crippen LogP contribution in [0.15, 0.2) is 12.2 Å². The van der Waals surface area contributed by atoms with Crippen molar-refractivity contribution in [3.8, 4) is 0 Å². The van der Waals surface area contributed by atoms with Gasteiger partial charge in [0.05, 0.1) is 0 Å². The molecule has 0 rings (SSSR count). The lowest BCUT2D eigenvalue weighted by Gasteiger charge is -2.04. The van der Waals surface area contributed by atoms with E-state index in [0.717, 1.165) is 19.4 Å². The van der Waals surface area contributed by atoms with Crippen LogP contribution in [0.25, 0.3) is 0 Å². The van der Waals surface area contributed by atoms with Crippen LogP contribution in [0.2, 0.25) is 0 Å². The second-order valence-corrected chi connectivity index (χ2v) is 4.07. The molecule has 0 aromatic rings. The highest BCUT2D eigenvalue weighted by atomic mass is 16.1. The van der Waals surface area contributed by atoms with Gasteiger partial charge in [-0.25, -0.2) is 0 Å². The van der Waals surface area contributed by atoms with Crippen molar-refractivity contribution in [2.24, 2.45) is 0 Å². The van der Waals surface area contributed by atoms with E-state index in [1.165, 1.54) is 38.5 Å². The molecule has 88 valence electrons. The zero-order valence-corrected chi connectivity index (χ0v) is 10.2. The molecule has 0 unspecified atom stereocenters. The predicted molar refractivity (Wildman–Crippen MR) is 65.8 cm³/mol. The maximum atomic E-state index is 10.3. The standard InChI is InChI=1S/C13H25NO/c1-3-4-5-6-7-8-9-10-11-12-14(2)13-15/h10-11,13H,3-9,12H2,1-2H3. The number of hydrogen-bond acceptors (Lipinski definition) is 1. The van der Waals surface area contributed by atoms with Crippen LogP contribution in [0.5, 0.6) is 0 Å². The van der Waals surface area contributed by atoms with Crippen molar-refractivity contribution in [2.45, 2.75) is 51.9 Å². The molecule has 1 amide bonds. The summed E-state index contributed by atoms with van der Waals surface area (Å²) in [5, 5.41) is 0. The maximum absolute atomic E-state index is 10.3. The van der Waals surface area contributed by atoms with Gasteiger partial charge in [0.15, 0.2) is 0 Å². The number of nitrogens with zero attached hydrogens (tertiary/aromatic N) is 1. The third-order valence-electron chi connectivity index (χ3n) is 2.46. The number of likely N-dealkylation sites (N-methyl/N-ethyl adjacent to an activating group) is 1. The van der Waals surface area contributed by atoms with Crippen molar-refractivity contribution in [1.82, 2.24) is 4.90 Å². The molecule has 0 aromatic carbocycles. The highest BCUT2D eigenvalue weighted by Gasteiger charge is 1.89. The molecule has 0 radical (unpaired) electrons. The summed E-state index contributed by atoms with van der Waals surface area (Å²) in [6.07, 6.45) is 14.3. The number of amides is 1. The Bertz CT molecular complexity index is 166. The second-order valence-electron chi connectivity index (χ2n) is 4.07. The van der Waals surface area contributed by atoms with Crippen LogP contribution in [0.1, 0.15) is 51.9 Å². The van der Waals surface area contributed by atoms with E-state index in [0.29, 0.717) is 0 Å². The second kappa shape index (κ2) is 11.3. The summed E-state index contributed by atoms with van der Waals surface area (Å²) in [5.74, 6) is 0. The summed E-state index contributed by atoms with van der Waals surface area (Å²) in [6.45, 7) is 2.98. The van der Waals surface area contributed by atoms with Crippen LogP contribution in [0.3, 0.4) is 0 Å². The van der Waals surface area contributed by atoms with Crippen LogP contribution >= 0.6 is 0 Å². The quantitative estimate of drug-likeness (QED) is 0.308. The molecule has 2 nitrogen and oxygen atoms in total. The van der Waals surface area contributed by atoms with Gasteiger partial charge in [0, 0.05) is 13.6 Å². The van der Waals surface area contributed by atoms with Gasteiger partial charge in [-0.3, -0.25) is 4.79 Å². The van der Waals surface area contributed by atoms with E-state index in [1.807, 2.05) is 0 Å². The SMILES string of the molecule is CCCCCCCCC=CCN(C)C=O. The molecule has 0 aromatic heterocycles. The summed E-state index contributed by atoms with van der Waals surface area (Å²) in [7, 11) is 1.79. The molecule has 2 heteroatoms. The first-order valence-corrected chi connectivity index (χ1v) is 6.11. The van der Waals surface area contributed by atoms with Gasteiger partial charge in [0.25, 0.3) is 0 Å². The van der Waals surface area contributed by atoms with Crippen molar-refractivity contribution in [3.05, 3.63) is 12.2 Å². The fourth-order valence-electron chi connectivity index (χ4n) is 1.44. The van der Waals surface area contributed by atoms with Crippen molar-refractivity contribution >= 4 is 6.41 Å². The number of hydrogen-bond donors (Lipinski definition) is 0. The number of rotatable bonds is 10. The first-order valence-electron chi connectivity index (χ1n) is 6.11. The molecule has 0 heterocycles. The van der Waals surface area contributed by atoms with E-state index in [1.54, 1.807) is 11.9 Å². The Kier molecular flexibility index (Phi) is 10.7. The Balaban J connectivity index is 3.12. The molecular formula is C13H25NO. The molecule has 0 saturated heterocycles. The van der Waals surface area contributed by atoms with E-state index in [2.05, 4.69) is 19.1 Å². The number of carbonyl (C=O) groups excluding carboxylic acids is 1. The summed E-state index contributed by atoms with van der Waals surface area (Å²) in [4.78, 5) is 11.9. The largest absolute Gasteiger partial charge is 0.345 e. The molecular weight excluding hydrogens is 186 g/mol. The average Bonchev–Trinajstić information content (AvgIpc) is 2.26. The van der Waals surface area contributed by atoms with Crippen LogP contribution in [-0.4, -0.2) is 24.9 Å². The van der Waals surface area contributed by atoms with Gasteiger partial charge >= 0.3 is 0 Å². The molecule has 0 aliphatic rings. The minimum absolute atomic E-state index is 0.735. The first kappa shape index (κ1) is 14.2. The van der Waals surface area contributed by atoms with Gasteiger partial charge in [0.2, 0.25) is 6.41 Å². The zero-order chi connectivity index (χ0) is 11.4. The van der Waals surface area contributed by atoms with Crippen molar-refractivity contribution < 1.29 is 4.79 Å². The molecule has 15 heavy (non-hydrogen) atoms. The summed E-state index contributed by atoms with van der Waals surface area (Å²) in [6, 6.07) is 0. The van der Waals surface area contributed by atoms with Gasteiger partial charge in [-0.15, -0.1) is 0 Å². The van der Waals surface area contributed by atoms with Gasteiger partial charge < -0.3 is 4.90 Å². The average molecular weight is 211 g/mol. The molecule has 0 N–H and O–H groups in total. The third-order valence-corrected chi connectivity index (χ3v) is 2.46. The predicted octanol–water partition coefficient (Wildman–Crippen LogP) is 3.38. The van der Waals surface area contributed by atoms with Gasteiger partial charge in [-0.1, -0.05) is 51.2 Å². The topological polar surface area (TPSA) is 20.3 Å². The maximum Gasteiger partial charge on any atom is 0.209 e. The van der Waals surface area contributed by atoms with Crippen molar-refractivity contribution in [1.29, 1.82) is 0 Å². The van der Waals surface area contributed by atoms with Gasteiger partial charge in [0.1, 0.15) is 0 Å². The molecule has 0 saturated carbocycles. The van der Waals surface area contributed by atoms with Crippen LogP contribution < -0.4 is 0 Å². The third kappa shape index (κ3) is 11.1. The number of carbonyl (C=O) groups is 1. The van der Waals surface area contributed by atoms with E-state index < -0.39 is 0 Å². The zero-order valence-electron chi connectivity index (χ0n) is 10.2. The Morgan fingerprint density at radius 2 is 1.67 bits per heavy atom. The van der Waals surface area contributed by atoms with Crippen LogP contribution in [-0.2, 0) is 4.79 Å². The molecule has 0 atom stereocenters. The Hall–Kier alpha value is -0.790. The lowest BCUT2D eigenvalue weighted by molar-refractivity contribution is -0.116. The summed E-state index contributed by atoms with van der Waals surface area (Å²) in [5.41, 5.74) is 0.